The monoisotopic (exact) mass is 135 g/mol. The fourth-order valence-corrected chi connectivity index (χ4v) is 0.882. The van der Waals surface area contributed by atoms with Crippen molar-refractivity contribution in [2.75, 3.05) is 14.1 Å². The molecule has 0 aromatic rings. The van der Waals surface area contributed by atoms with E-state index in [1.807, 2.05) is 12.2 Å². The van der Waals surface area contributed by atoms with E-state index in [0.717, 1.165) is 0 Å². The van der Waals surface area contributed by atoms with Gasteiger partial charge in [0.05, 0.1) is 0 Å². The van der Waals surface area contributed by atoms with Crippen LogP contribution in [-0.2, 0) is 0 Å². The maximum Gasteiger partial charge on any atom is 0.0386 e. The minimum absolute atomic E-state index is 0.481. The lowest BCUT2D eigenvalue weighted by Crippen LogP contribution is -2.25. The van der Waals surface area contributed by atoms with Gasteiger partial charge in [-0.05, 0) is 33.2 Å². The molecule has 0 amide bonds. The van der Waals surface area contributed by atoms with Crippen molar-refractivity contribution in [3.8, 4) is 0 Å². The quantitative estimate of drug-likeness (QED) is 0.520. The Morgan fingerprint density at radius 1 is 1.50 bits per heavy atom. The molecule has 0 saturated heterocycles. The third-order valence-corrected chi connectivity index (χ3v) is 1.85. The summed E-state index contributed by atoms with van der Waals surface area (Å²) < 4.78 is 0. The third-order valence-electron chi connectivity index (χ3n) is 1.85. The average molecular weight is 135 g/mol. The van der Waals surface area contributed by atoms with Crippen LogP contribution in [0.3, 0.4) is 0 Å². The number of nitrogens with zero attached hydrogens (tertiary/aromatic N) is 1. The first-order valence-corrected chi connectivity index (χ1v) is 3.51. The van der Waals surface area contributed by atoms with Crippen LogP contribution in [0.1, 0.15) is 6.92 Å². The fourth-order valence-electron chi connectivity index (χ4n) is 0.882. The van der Waals surface area contributed by atoms with Crippen LogP contribution < -0.4 is 0 Å². The largest absolute Gasteiger partial charge is 0.302 e. The molecule has 0 N–H and O–H groups in total. The normalized spacial score (nSPS) is 18.2. The number of allylic oxidation sites excluding steroid dienone is 1. The first kappa shape index (κ1) is 7.33. The molecule has 1 aliphatic rings. The van der Waals surface area contributed by atoms with Crippen molar-refractivity contribution in [2.45, 2.75) is 13.0 Å². The van der Waals surface area contributed by atoms with Crippen LogP contribution in [-0.4, -0.2) is 25.0 Å². The molecule has 0 fully saturated rings. The van der Waals surface area contributed by atoms with E-state index in [1.165, 1.54) is 5.57 Å². The summed E-state index contributed by atoms with van der Waals surface area (Å²) in [7, 11) is 4.15. The number of hydrogen-bond donors (Lipinski definition) is 0. The zero-order valence-electron chi connectivity index (χ0n) is 6.76. The summed E-state index contributed by atoms with van der Waals surface area (Å²) >= 11 is 0. The fraction of sp³-hybridized carbons (Fsp3) is 0.444. The molecule has 0 spiro atoms. The molecule has 0 aromatic heterocycles. The smallest absolute Gasteiger partial charge is 0.0386 e. The average Bonchev–Trinajstić information content (AvgIpc) is 2.36. The van der Waals surface area contributed by atoms with Crippen LogP contribution in [0.5, 0.6) is 0 Å². The second-order valence-corrected chi connectivity index (χ2v) is 2.77. The molecule has 1 rings (SSSR count). The highest BCUT2D eigenvalue weighted by molar-refractivity contribution is 5.32. The van der Waals surface area contributed by atoms with Crippen LogP contribution in [0, 0.1) is 0 Å². The van der Waals surface area contributed by atoms with Crippen molar-refractivity contribution in [1.82, 2.24) is 4.90 Å². The predicted octanol–water partition coefficient (Wildman–Crippen LogP) is 1.59. The Morgan fingerprint density at radius 3 is 2.60 bits per heavy atom. The highest BCUT2D eigenvalue weighted by atomic mass is 15.1. The van der Waals surface area contributed by atoms with Gasteiger partial charge in [-0.25, -0.2) is 0 Å². The summed E-state index contributed by atoms with van der Waals surface area (Å²) in [4.78, 5) is 2.17. The van der Waals surface area contributed by atoms with Gasteiger partial charge in [0.1, 0.15) is 0 Å². The molecule has 1 atom stereocenters. The molecule has 1 heteroatoms. The summed E-state index contributed by atoms with van der Waals surface area (Å²) in [6.07, 6.45) is 6.08. The molecule has 10 heavy (non-hydrogen) atoms. The lowest BCUT2D eigenvalue weighted by molar-refractivity contribution is 0.355. The molecule has 54 valence electrons. The van der Waals surface area contributed by atoms with Crippen molar-refractivity contribution in [2.24, 2.45) is 0 Å². The topological polar surface area (TPSA) is 3.24 Å². The Bertz CT molecular complexity index is 205. The van der Waals surface area contributed by atoms with Crippen molar-refractivity contribution in [1.29, 1.82) is 0 Å². The minimum Gasteiger partial charge on any atom is -0.302 e. The van der Waals surface area contributed by atoms with Gasteiger partial charge in [-0.1, -0.05) is 6.08 Å². The summed E-state index contributed by atoms with van der Waals surface area (Å²) in [5.41, 5.74) is 4.45. The van der Waals surface area contributed by atoms with Crippen molar-refractivity contribution >= 4 is 0 Å². The summed E-state index contributed by atoms with van der Waals surface area (Å²) in [6, 6.07) is 0.481. The van der Waals surface area contributed by atoms with Crippen molar-refractivity contribution < 1.29 is 0 Å². The molecule has 0 radical (unpaired) electrons. The Morgan fingerprint density at radius 2 is 2.20 bits per heavy atom. The van der Waals surface area contributed by atoms with Gasteiger partial charge in [0.15, 0.2) is 0 Å². The van der Waals surface area contributed by atoms with E-state index in [9.17, 15) is 0 Å². The standard InChI is InChI=1S/C9H13N/c1-8(10(2)3)9-6-4-5-7-9/h4-6,8H,1-3H3/t8-/m1/s1. The van der Waals surface area contributed by atoms with Crippen LogP contribution in [0.25, 0.3) is 0 Å². The maximum atomic E-state index is 3.18. The molecular weight excluding hydrogens is 122 g/mol. The van der Waals surface area contributed by atoms with E-state index in [4.69, 9.17) is 0 Å². The van der Waals surface area contributed by atoms with Crippen LogP contribution >= 0.6 is 0 Å². The van der Waals surface area contributed by atoms with Crippen LogP contribution in [0.15, 0.2) is 29.5 Å². The van der Waals surface area contributed by atoms with Gasteiger partial charge < -0.3 is 4.90 Å². The third kappa shape index (κ3) is 1.38. The molecule has 0 saturated carbocycles. The molecule has 1 aliphatic carbocycles. The molecule has 0 unspecified atom stereocenters. The van der Waals surface area contributed by atoms with Crippen molar-refractivity contribution in [3.05, 3.63) is 29.5 Å². The van der Waals surface area contributed by atoms with Gasteiger partial charge in [0, 0.05) is 11.6 Å². The van der Waals surface area contributed by atoms with Gasteiger partial charge in [0.25, 0.3) is 0 Å². The minimum atomic E-state index is 0.481. The van der Waals surface area contributed by atoms with E-state index >= 15 is 0 Å². The SMILES string of the molecule is C[C@H](C1=C=CC=C1)N(C)C. The summed E-state index contributed by atoms with van der Waals surface area (Å²) in [5, 5.41) is 0. The Labute approximate surface area is 62.3 Å². The van der Waals surface area contributed by atoms with Gasteiger partial charge in [0.2, 0.25) is 0 Å². The molecule has 1 nitrogen and oxygen atoms in total. The van der Waals surface area contributed by atoms with Gasteiger partial charge >= 0.3 is 0 Å². The highest BCUT2D eigenvalue weighted by Crippen LogP contribution is 2.10. The van der Waals surface area contributed by atoms with Gasteiger partial charge in [-0.3, -0.25) is 0 Å². The zero-order chi connectivity index (χ0) is 7.56. The number of likely N-dealkylation sites (N-methyl/N-ethyl adjacent to an activating group) is 1. The molecule has 0 aliphatic heterocycles. The first-order chi connectivity index (χ1) is 4.72. The number of rotatable bonds is 2. The predicted molar refractivity (Wildman–Crippen MR) is 43.9 cm³/mol. The van der Waals surface area contributed by atoms with E-state index in [0.29, 0.717) is 6.04 Å². The summed E-state index contributed by atoms with van der Waals surface area (Å²) in [5.74, 6) is 0. The van der Waals surface area contributed by atoms with Gasteiger partial charge in [-0.15, -0.1) is 5.73 Å². The van der Waals surface area contributed by atoms with Gasteiger partial charge in [-0.2, -0.15) is 0 Å². The van der Waals surface area contributed by atoms with Crippen molar-refractivity contribution in [3.63, 3.8) is 0 Å². The molecule has 0 bridgehead atoms. The Balaban J connectivity index is 2.66. The van der Waals surface area contributed by atoms with E-state index < -0.39 is 0 Å². The van der Waals surface area contributed by atoms with E-state index in [1.54, 1.807) is 0 Å². The maximum absolute atomic E-state index is 3.18. The van der Waals surface area contributed by atoms with Crippen LogP contribution in [0.4, 0.5) is 0 Å². The van der Waals surface area contributed by atoms with E-state index in [-0.39, 0.29) is 0 Å². The number of hydrogen-bond acceptors (Lipinski definition) is 1. The summed E-state index contributed by atoms with van der Waals surface area (Å²) in [6.45, 7) is 2.17. The lowest BCUT2D eigenvalue weighted by Gasteiger charge is -2.18. The Kier molecular flexibility index (Phi) is 2.10. The molecular formula is C9H13N. The molecule has 0 aromatic carbocycles. The van der Waals surface area contributed by atoms with E-state index in [2.05, 4.69) is 37.7 Å². The zero-order valence-corrected chi connectivity index (χ0v) is 6.76. The first-order valence-electron chi connectivity index (χ1n) is 3.51. The molecule has 0 heterocycles. The Hall–Kier alpha value is -0.780. The lowest BCUT2D eigenvalue weighted by atomic mass is 10.1. The second kappa shape index (κ2) is 2.87. The van der Waals surface area contributed by atoms with Crippen LogP contribution in [0.2, 0.25) is 0 Å². The second-order valence-electron chi connectivity index (χ2n) is 2.77. The highest BCUT2D eigenvalue weighted by Gasteiger charge is 2.08.